The lowest BCUT2D eigenvalue weighted by Gasteiger charge is -2.14. The van der Waals surface area contributed by atoms with Crippen molar-refractivity contribution in [3.05, 3.63) is 29.8 Å². The summed E-state index contributed by atoms with van der Waals surface area (Å²) in [5.74, 6) is 0. The largest absolute Gasteiger partial charge is 0.394 e. The molecule has 0 radical (unpaired) electrons. The molecule has 1 aromatic carbocycles. The molecule has 0 saturated heterocycles. The van der Waals surface area contributed by atoms with E-state index >= 15 is 0 Å². The van der Waals surface area contributed by atoms with Gasteiger partial charge in [0.1, 0.15) is 0 Å². The van der Waals surface area contributed by atoms with Crippen molar-refractivity contribution in [3.8, 4) is 0 Å². The van der Waals surface area contributed by atoms with E-state index in [9.17, 15) is 0 Å². The van der Waals surface area contributed by atoms with E-state index in [1.807, 2.05) is 43.3 Å². The number of hydrogen-bond donors (Lipinski definition) is 2. The zero-order chi connectivity index (χ0) is 9.84. The van der Waals surface area contributed by atoms with Crippen molar-refractivity contribution in [1.29, 1.82) is 0 Å². The normalized spacial score (nSPS) is 12.6. The Balaban J connectivity index is 2.81. The summed E-state index contributed by atoms with van der Waals surface area (Å²) in [6.45, 7) is -0.0126. The summed E-state index contributed by atoms with van der Waals surface area (Å²) in [6.07, 6.45) is 0. The van der Waals surface area contributed by atoms with Crippen LogP contribution >= 0.6 is 0 Å². The van der Waals surface area contributed by atoms with Crippen molar-refractivity contribution >= 4 is 5.69 Å². The van der Waals surface area contributed by atoms with E-state index in [1.54, 1.807) is 0 Å². The van der Waals surface area contributed by atoms with Crippen LogP contribution in [0, 0.1) is 0 Å². The van der Waals surface area contributed by atoms with Crippen LogP contribution in [0.4, 0.5) is 5.69 Å². The molecule has 0 aromatic heterocycles. The highest BCUT2D eigenvalue weighted by Gasteiger charge is 2.03. The van der Waals surface area contributed by atoms with Crippen LogP contribution in [-0.4, -0.2) is 25.8 Å². The van der Waals surface area contributed by atoms with Crippen LogP contribution in [0.3, 0.4) is 0 Å². The predicted molar refractivity (Wildman–Crippen MR) is 54.8 cm³/mol. The van der Waals surface area contributed by atoms with Gasteiger partial charge in [0.2, 0.25) is 0 Å². The van der Waals surface area contributed by atoms with Crippen molar-refractivity contribution in [2.24, 2.45) is 5.73 Å². The Kier molecular flexibility index (Phi) is 3.28. The number of nitrogens with two attached hydrogens (primary N) is 1. The summed E-state index contributed by atoms with van der Waals surface area (Å²) in [4.78, 5) is 2.02. The molecular formula is C10H16N2O. The molecule has 0 saturated carbocycles. The van der Waals surface area contributed by atoms with E-state index in [-0.39, 0.29) is 12.6 Å². The van der Waals surface area contributed by atoms with Crippen LogP contribution in [0.5, 0.6) is 0 Å². The lowest BCUT2D eigenvalue weighted by Crippen LogP contribution is -2.15. The molecule has 0 aliphatic carbocycles. The summed E-state index contributed by atoms with van der Waals surface area (Å²) < 4.78 is 0. The number of aliphatic hydroxyl groups is 1. The molecule has 0 fully saturated rings. The van der Waals surface area contributed by atoms with Crippen LogP contribution in [-0.2, 0) is 0 Å². The summed E-state index contributed by atoms with van der Waals surface area (Å²) in [7, 11) is 3.97. The standard InChI is InChI=1S/C10H16N2O/c1-12(2)9-5-3-8(4-6-9)10(11)7-13/h3-6,10,13H,7,11H2,1-2H3. The first kappa shape index (κ1) is 10.0. The van der Waals surface area contributed by atoms with Gasteiger partial charge in [-0.1, -0.05) is 12.1 Å². The Morgan fingerprint density at radius 1 is 1.31 bits per heavy atom. The third-order valence-electron chi connectivity index (χ3n) is 2.03. The Bertz CT molecular complexity index is 256. The second-order valence-corrected chi connectivity index (χ2v) is 3.28. The van der Waals surface area contributed by atoms with Gasteiger partial charge in [0, 0.05) is 19.8 Å². The highest BCUT2D eigenvalue weighted by Crippen LogP contribution is 2.15. The van der Waals surface area contributed by atoms with Gasteiger partial charge in [-0.3, -0.25) is 0 Å². The molecule has 0 aliphatic heterocycles. The molecule has 0 spiro atoms. The predicted octanol–water partition coefficient (Wildman–Crippen LogP) is 0.745. The molecule has 3 nitrogen and oxygen atoms in total. The van der Waals surface area contributed by atoms with Crippen molar-refractivity contribution in [2.45, 2.75) is 6.04 Å². The van der Waals surface area contributed by atoms with Crippen molar-refractivity contribution in [2.75, 3.05) is 25.6 Å². The van der Waals surface area contributed by atoms with Crippen LogP contribution in [0.2, 0.25) is 0 Å². The van der Waals surface area contributed by atoms with Gasteiger partial charge in [-0.05, 0) is 17.7 Å². The zero-order valence-corrected chi connectivity index (χ0v) is 8.07. The third-order valence-corrected chi connectivity index (χ3v) is 2.03. The number of benzene rings is 1. The van der Waals surface area contributed by atoms with Gasteiger partial charge >= 0.3 is 0 Å². The molecule has 13 heavy (non-hydrogen) atoms. The van der Waals surface area contributed by atoms with Gasteiger partial charge in [-0.15, -0.1) is 0 Å². The summed E-state index contributed by atoms with van der Waals surface area (Å²) in [5, 5.41) is 8.83. The zero-order valence-electron chi connectivity index (χ0n) is 8.07. The topological polar surface area (TPSA) is 49.5 Å². The maximum atomic E-state index is 8.83. The summed E-state index contributed by atoms with van der Waals surface area (Å²) >= 11 is 0. The minimum Gasteiger partial charge on any atom is -0.394 e. The molecular weight excluding hydrogens is 164 g/mol. The van der Waals surface area contributed by atoms with Crippen molar-refractivity contribution < 1.29 is 5.11 Å². The average Bonchev–Trinajstić information content (AvgIpc) is 2.17. The van der Waals surface area contributed by atoms with Gasteiger partial charge in [0.05, 0.1) is 12.6 Å². The molecule has 0 heterocycles. The molecule has 0 amide bonds. The molecule has 3 N–H and O–H groups in total. The number of hydrogen-bond acceptors (Lipinski definition) is 3. The van der Waals surface area contributed by atoms with E-state index in [2.05, 4.69) is 0 Å². The Hall–Kier alpha value is -1.06. The third kappa shape index (κ3) is 2.44. The number of rotatable bonds is 3. The fraction of sp³-hybridized carbons (Fsp3) is 0.400. The minimum absolute atomic E-state index is 0.0126. The van der Waals surface area contributed by atoms with Gasteiger partial charge in [-0.2, -0.15) is 0 Å². The average molecular weight is 180 g/mol. The molecule has 1 aromatic rings. The molecule has 1 unspecified atom stereocenters. The molecule has 0 aliphatic rings. The van der Waals surface area contributed by atoms with E-state index in [0.717, 1.165) is 11.3 Å². The quantitative estimate of drug-likeness (QED) is 0.721. The lowest BCUT2D eigenvalue weighted by atomic mass is 10.1. The second-order valence-electron chi connectivity index (χ2n) is 3.28. The second kappa shape index (κ2) is 4.25. The maximum absolute atomic E-state index is 8.83. The monoisotopic (exact) mass is 180 g/mol. The first-order chi connectivity index (χ1) is 6.15. The Labute approximate surface area is 78.8 Å². The first-order valence-electron chi connectivity index (χ1n) is 4.29. The molecule has 72 valence electrons. The smallest absolute Gasteiger partial charge is 0.0624 e. The molecule has 1 atom stereocenters. The van der Waals surface area contributed by atoms with Crippen LogP contribution < -0.4 is 10.6 Å². The van der Waals surface area contributed by atoms with Gasteiger partial charge in [0.25, 0.3) is 0 Å². The highest BCUT2D eigenvalue weighted by molar-refractivity contribution is 5.46. The van der Waals surface area contributed by atoms with Crippen molar-refractivity contribution in [1.82, 2.24) is 0 Å². The summed E-state index contributed by atoms with van der Waals surface area (Å²) in [6, 6.07) is 7.60. The highest BCUT2D eigenvalue weighted by atomic mass is 16.3. The van der Waals surface area contributed by atoms with Gasteiger partial charge in [-0.25, -0.2) is 0 Å². The fourth-order valence-electron chi connectivity index (χ4n) is 1.13. The number of aliphatic hydroxyl groups excluding tert-OH is 1. The summed E-state index contributed by atoms with van der Waals surface area (Å²) in [5.41, 5.74) is 7.76. The van der Waals surface area contributed by atoms with E-state index in [4.69, 9.17) is 10.8 Å². The number of anilines is 1. The first-order valence-corrected chi connectivity index (χ1v) is 4.29. The molecule has 3 heteroatoms. The van der Waals surface area contributed by atoms with E-state index < -0.39 is 0 Å². The fourth-order valence-corrected chi connectivity index (χ4v) is 1.13. The molecule has 0 bridgehead atoms. The molecule has 1 rings (SSSR count). The van der Waals surface area contributed by atoms with Crippen molar-refractivity contribution in [3.63, 3.8) is 0 Å². The SMILES string of the molecule is CN(C)c1ccc(C(N)CO)cc1. The maximum Gasteiger partial charge on any atom is 0.0624 e. The van der Waals surface area contributed by atoms with E-state index in [0.29, 0.717) is 0 Å². The minimum atomic E-state index is -0.267. The van der Waals surface area contributed by atoms with Gasteiger partial charge < -0.3 is 15.7 Å². The Morgan fingerprint density at radius 2 is 1.85 bits per heavy atom. The van der Waals surface area contributed by atoms with Crippen LogP contribution in [0.25, 0.3) is 0 Å². The van der Waals surface area contributed by atoms with E-state index in [1.165, 1.54) is 0 Å². The number of nitrogens with zero attached hydrogens (tertiary/aromatic N) is 1. The lowest BCUT2D eigenvalue weighted by molar-refractivity contribution is 0.268. The Morgan fingerprint density at radius 3 is 2.23 bits per heavy atom. The van der Waals surface area contributed by atoms with Crippen LogP contribution in [0.15, 0.2) is 24.3 Å². The van der Waals surface area contributed by atoms with Crippen LogP contribution in [0.1, 0.15) is 11.6 Å². The van der Waals surface area contributed by atoms with Gasteiger partial charge in [0.15, 0.2) is 0 Å².